The molecular weight excluding hydrogens is 100 g/mol. The lowest BCUT2D eigenvalue weighted by atomic mass is 10.3. The fourth-order valence-electron chi connectivity index (χ4n) is 0.248. The summed E-state index contributed by atoms with van der Waals surface area (Å²) in [6.07, 6.45) is 4.15. The Morgan fingerprint density at radius 2 is 2.38 bits per heavy atom. The molecule has 0 aliphatic carbocycles. The van der Waals surface area contributed by atoms with Gasteiger partial charge in [-0.15, -0.1) is 0 Å². The first-order valence-corrected chi connectivity index (χ1v) is 2.73. The first kappa shape index (κ1) is 7.28. The number of hydrogen-bond acceptors (Lipinski definition) is 1. The summed E-state index contributed by atoms with van der Waals surface area (Å²) in [5.74, 6) is 0. The minimum absolute atomic E-state index is 1.04. The van der Waals surface area contributed by atoms with E-state index in [4.69, 9.17) is 4.74 Å². The van der Waals surface area contributed by atoms with Crippen LogP contribution in [-0.2, 0) is 4.74 Å². The molecule has 0 amide bonds. The van der Waals surface area contributed by atoms with Crippen LogP contribution in [0.3, 0.4) is 0 Å². The van der Waals surface area contributed by atoms with Gasteiger partial charge in [-0.3, -0.25) is 0 Å². The molecule has 0 fully saturated rings. The van der Waals surface area contributed by atoms with Crippen molar-refractivity contribution in [2.24, 2.45) is 0 Å². The second kappa shape index (κ2) is 4.44. The monoisotopic (exact) mass is 112 g/mol. The van der Waals surface area contributed by atoms with Gasteiger partial charge in [-0.2, -0.15) is 0 Å². The van der Waals surface area contributed by atoms with Gasteiger partial charge < -0.3 is 4.74 Å². The quantitative estimate of drug-likeness (QED) is 0.509. The molecule has 0 aliphatic heterocycles. The third-order valence-corrected chi connectivity index (χ3v) is 0.923. The van der Waals surface area contributed by atoms with Crippen molar-refractivity contribution in [2.75, 3.05) is 0 Å². The van der Waals surface area contributed by atoms with Gasteiger partial charge in [0.2, 0.25) is 0 Å². The average molecular weight is 112 g/mol. The molecule has 1 heteroatoms. The molecule has 1 nitrogen and oxygen atoms in total. The molecule has 0 saturated carbocycles. The maximum Gasteiger partial charge on any atom is 0.0890 e. The predicted octanol–water partition coefficient (Wildman–Crippen LogP) is 2.46. The Bertz CT molecular complexity index is 92.6. The molecule has 0 aromatic carbocycles. The topological polar surface area (TPSA) is 9.23 Å². The van der Waals surface area contributed by atoms with Gasteiger partial charge in [0.1, 0.15) is 0 Å². The SMILES string of the molecule is C=CO/C=C(/C)CC. The Kier molecular flexibility index (Phi) is 4.04. The summed E-state index contributed by atoms with van der Waals surface area (Å²) in [7, 11) is 0. The molecule has 0 saturated heterocycles. The molecule has 0 N–H and O–H groups in total. The second-order valence-corrected chi connectivity index (χ2v) is 1.62. The van der Waals surface area contributed by atoms with E-state index in [0.29, 0.717) is 0 Å². The van der Waals surface area contributed by atoms with Gasteiger partial charge in [0, 0.05) is 0 Å². The van der Waals surface area contributed by atoms with E-state index in [9.17, 15) is 0 Å². The number of ether oxygens (including phenoxy) is 1. The molecule has 0 radical (unpaired) electrons. The van der Waals surface area contributed by atoms with Crippen LogP contribution in [0, 0.1) is 0 Å². The molecule has 0 aromatic heterocycles. The Balaban J connectivity index is 3.40. The Hall–Kier alpha value is -0.720. The van der Waals surface area contributed by atoms with Crippen molar-refractivity contribution in [3.8, 4) is 0 Å². The van der Waals surface area contributed by atoms with E-state index in [1.807, 2.05) is 6.92 Å². The van der Waals surface area contributed by atoms with Gasteiger partial charge in [0.15, 0.2) is 0 Å². The van der Waals surface area contributed by atoms with E-state index in [-0.39, 0.29) is 0 Å². The van der Waals surface area contributed by atoms with Crippen molar-refractivity contribution in [3.05, 3.63) is 24.7 Å². The van der Waals surface area contributed by atoms with Crippen molar-refractivity contribution in [1.82, 2.24) is 0 Å². The van der Waals surface area contributed by atoms with Gasteiger partial charge >= 0.3 is 0 Å². The minimum Gasteiger partial charge on any atom is -0.473 e. The van der Waals surface area contributed by atoms with Crippen molar-refractivity contribution in [1.29, 1.82) is 0 Å². The zero-order chi connectivity index (χ0) is 6.41. The van der Waals surface area contributed by atoms with Crippen molar-refractivity contribution in [2.45, 2.75) is 20.3 Å². The summed E-state index contributed by atoms with van der Waals surface area (Å²) in [6, 6.07) is 0. The van der Waals surface area contributed by atoms with Crippen molar-refractivity contribution >= 4 is 0 Å². The molecule has 0 aliphatic rings. The maximum atomic E-state index is 4.79. The van der Waals surface area contributed by atoms with E-state index in [1.165, 1.54) is 11.8 Å². The van der Waals surface area contributed by atoms with E-state index >= 15 is 0 Å². The third kappa shape index (κ3) is 3.47. The van der Waals surface area contributed by atoms with Crippen LogP contribution in [0.25, 0.3) is 0 Å². The van der Waals surface area contributed by atoms with Crippen LogP contribution in [0.2, 0.25) is 0 Å². The lowest BCUT2D eigenvalue weighted by Crippen LogP contribution is -1.71. The number of hydrogen-bond donors (Lipinski definition) is 0. The Morgan fingerprint density at radius 3 is 2.75 bits per heavy atom. The largest absolute Gasteiger partial charge is 0.473 e. The van der Waals surface area contributed by atoms with Gasteiger partial charge in [-0.25, -0.2) is 0 Å². The average Bonchev–Trinajstić information content (AvgIpc) is 1.83. The van der Waals surface area contributed by atoms with Gasteiger partial charge in [0.25, 0.3) is 0 Å². The maximum absolute atomic E-state index is 4.79. The normalized spacial score (nSPS) is 11.0. The number of rotatable bonds is 3. The molecule has 0 rings (SSSR count). The van der Waals surface area contributed by atoms with Crippen LogP contribution in [0.4, 0.5) is 0 Å². The van der Waals surface area contributed by atoms with Crippen LogP contribution >= 0.6 is 0 Å². The lowest BCUT2D eigenvalue weighted by molar-refractivity contribution is 0.398. The zero-order valence-corrected chi connectivity index (χ0v) is 5.48. The summed E-state index contributed by atoms with van der Waals surface area (Å²) in [4.78, 5) is 0. The first-order valence-electron chi connectivity index (χ1n) is 2.73. The van der Waals surface area contributed by atoms with Gasteiger partial charge in [-0.1, -0.05) is 13.5 Å². The van der Waals surface area contributed by atoms with E-state index in [2.05, 4.69) is 13.5 Å². The molecule has 46 valence electrons. The highest BCUT2D eigenvalue weighted by molar-refractivity contribution is 4.91. The van der Waals surface area contributed by atoms with Crippen LogP contribution in [0.5, 0.6) is 0 Å². The first-order chi connectivity index (χ1) is 3.81. The lowest BCUT2D eigenvalue weighted by Gasteiger charge is -1.91. The van der Waals surface area contributed by atoms with Crippen molar-refractivity contribution in [3.63, 3.8) is 0 Å². The van der Waals surface area contributed by atoms with Gasteiger partial charge in [-0.05, 0) is 18.9 Å². The third-order valence-electron chi connectivity index (χ3n) is 0.923. The molecule has 0 spiro atoms. The summed E-state index contributed by atoms with van der Waals surface area (Å²) in [5.41, 5.74) is 1.23. The highest BCUT2D eigenvalue weighted by Crippen LogP contribution is 1.96. The molecule has 0 bridgehead atoms. The second-order valence-electron chi connectivity index (χ2n) is 1.62. The van der Waals surface area contributed by atoms with Crippen molar-refractivity contribution < 1.29 is 4.74 Å². The molecular formula is C7H12O. The Labute approximate surface area is 50.7 Å². The molecule has 0 atom stereocenters. The highest BCUT2D eigenvalue weighted by atomic mass is 16.5. The summed E-state index contributed by atoms with van der Waals surface area (Å²) in [5, 5.41) is 0. The molecule has 0 aromatic rings. The standard InChI is InChI=1S/C7H12O/c1-4-7(3)6-8-5-2/h5-6H,2,4H2,1,3H3/b7-6-. The summed E-state index contributed by atoms with van der Waals surface area (Å²) < 4.78 is 4.79. The molecule has 0 heterocycles. The fraction of sp³-hybridized carbons (Fsp3) is 0.429. The van der Waals surface area contributed by atoms with Crippen LogP contribution in [0.1, 0.15) is 20.3 Å². The van der Waals surface area contributed by atoms with Crippen LogP contribution < -0.4 is 0 Å². The number of allylic oxidation sites excluding steroid dienone is 1. The van der Waals surface area contributed by atoms with E-state index < -0.39 is 0 Å². The fourth-order valence-corrected chi connectivity index (χ4v) is 0.248. The minimum atomic E-state index is 1.04. The molecule has 0 unspecified atom stereocenters. The summed E-state index contributed by atoms with van der Waals surface area (Å²) >= 11 is 0. The van der Waals surface area contributed by atoms with E-state index in [1.54, 1.807) is 6.26 Å². The van der Waals surface area contributed by atoms with Crippen LogP contribution in [-0.4, -0.2) is 0 Å². The summed E-state index contributed by atoms with van der Waals surface area (Å²) in [6.45, 7) is 7.50. The predicted molar refractivity (Wildman–Crippen MR) is 35.3 cm³/mol. The Morgan fingerprint density at radius 1 is 1.75 bits per heavy atom. The van der Waals surface area contributed by atoms with Crippen LogP contribution in [0.15, 0.2) is 24.7 Å². The smallest absolute Gasteiger partial charge is 0.0890 e. The van der Waals surface area contributed by atoms with E-state index in [0.717, 1.165) is 6.42 Å². The van der Waals surface area contributed by atoms with Gasteiger partial charge in [0.05, 0.1) is 12.5 Å². The molecule has 8 heavy (non-hydrogen) atoms. The highest BCUT2D eigenvalue weighted by Gasteiger charge is 1.78. The zero-order valence-electron chi connectivity index (χ0n) is 5.48.